The number of hydrogen-bond acceptors (Lipinski definition) is 5. The fourth-order valence-electron chi connectivity index (χ4n) is 4.59. The fourth-order valence-corrected chi connectivity index (χ4v) is 4.59. The smallest absolute Gasteiger partial charge is 0.336 e. The number of fused-ring (bicyclic) bond motifs is 2. The highest BCUT2D eigenvalue weighted by Gasteiger charge is 2.44. The van der Waals surface area contributed by atoms with Crippen LogP contribution in [0, 0.1) is 17.8 Å². The van der Waals surface area contributed by atoms with E-state index in [4.69, 9.17) is 9.47 Å². The Morgan fingerprint density at radius 3 is 2.33 bits per heavy atom. The minimum absolute atomic E-state index is 0.174. The maximum absolute atomic E-state index is 13.8. The van der Waals surface area contributed by atoms with E-state index < -0.39 is 24.5 Å². The molecule has 1 aliphatic heterocycles. The highest BCUT2D eigenvalue weighted by atomic mass is 19.1. The maximum atomic E-state index is 13.8. The van der Waals surface area contributed by atoms with Gasteiger partial charge in [-0.3, -0.25) is 0 Å². The molecule has 27 heavy (non-hydrogen) atoms. The first-order valence-electron chi connectivity index (χ1n) is 9.65. The van der Waals surface area contributed by atoms with Gasteiger partial charge >= 0.3 is 11.9 Å². The van der Waals surface area contributed by atoms with Crippen molar-refractivity contribution in [1.82, 2.24) is 5.32 Å². The third-order valence-electron chi connectivity index (χ3n) is 5.75. The molecular weight excluding hydrogens is 349 g/mol. The van der Waals surface area contributed by atoms with E-state index in [9.17, 15) is 14.0 Å². The summed E-state index contributed by atoms with van der Waals surface area (Å²) in [6, 6.07) is 0. The van der Waals surface area contributed by atoms with Crippen molar-refractivity contribution in [2.45, 2.75) is 52.6 Å². The van der Waals surface area contributed by atoms with Crippen molar-refractivity contribution >= 4 is 11.9 Å². The topological polar surface area (TPSA) is 64.6 Å². The lowest BCUT2D eigenvalue weighted by molar-refractivity contribution is -0.143. The number of halogens is 1. The summed E-state index contributed by atoms with van der Waals surface area (Å²) in [4.78, 5) is 25.5. The predicted octanol–water partition coefficient (Wildman–Crippen LogP) is 3.57. The molecule has 0 aromatic heterocycles. The van der Waals surface area contributed by atoms with Gasteiger partial charge in [0.1, 0.15) is 6.67 Å². The molecule has 1 atom stereocenters. The van der Waals surface area contributed by atoms with Crippen LogP contribution in [0.5, 0.6) is 0 Å². The highest BCUT2D eigenvalue weighted by molar-refractivity contribution is 5.99. The van der Waals surface area contributed by atoms with Crippen molar-refractivity contribution in [3.63, 3.8) is 0 Å². The van der Waals surface area contributed by atoms with Crippen molar-refractivity contribution in [2.24, 2.45) is 17.8 Å². The molecule has 0 aromatic carbocycles. The summed E-state index contributed by atoms with van der Waals surface area (Å²) in [5.74, 6) is -0.932. The summed E-state index contributed by atoms with van der Waals surface area (Å²) in [5.41, 5.74) is 2.33. The van der Waals surface area contributed by atoms with E-state index in [0.29, 0.717) is 23.1 Å². The summed E-state index contributed by atoms with van der Waals surface area (Å²) < 4.78 is 24.2. The number of methoxy groups -OCH3 is 1. The van der Waals surface area contributed by atoms with Crippen LogP contribution in [-0.2, 0) is 19.1 Å². The molecule has 3 aliphatic carbocycles. The van der Waals surface area contributed by atoms with Crippen LogP contribution in [0.1, 0.15) is 46.5 Å². The first kappa shape index (κ1) is 19.6. The number of hydrogen-bond donors (Lipinski definition) is 1. The van der Waals surface area contributed by atoms with Crippen LogP contribution in [0.3, 0.4) is 0 Å². The van der Waals surface area contributed by atoms with Gasteiger partial charge < -0.3 is 14.8 Å². The molecular formula is C21H28FNO4. The first-order chi connectivity index (χ1) is 12.9. The molecule has 5 nitrogen and oxygen atoms in total. The number of carbonyl (C=O) groups is 2. The average Bonchev–Trinajstić information content (AvgIpc) is 2.66. The van der Waals surface area contributed by atoms with E-state index in [-0.39, 0.29) is 17.4 Å². The molecule has 0 radical (unpaired) electrons. The number of ether oxygens (including phenoxy) is 2. The van der Waals surface area contributed by atoms with Gasteiger partial charge in [0.05, 0.1) is 30.1 Å². The molecule has 148 valence electrons. The molecule has 1 saturated carbocycles. The largest absolute Gasteiger partial charge is 0.466 e. The molecule has 4 rings (SSSR count). The number of allylic oxidation sites excluding steroid dienone is 4. The fraction of sp³-hybridized carbons (Fsp3) is 0.619. The van der Waals surface area contributed by atoms with Crippen LogP contribution in [-0.4, -0.2) is 31.8 Å². The van der Waals surface area contributed by atoms with Crippen molar-refractivity contribution in [3.05, 3.63) is 34.2 Å². The Morgan fingerprint density at radius 1 is 1.19 bits per heavy atom. The number of carbonyl (C=O) groups excluding carboxylic acids is 2. The number of rotatable bonds is 5. The van der Waals surface area contributed by atoms with E-state index >= 15 is 0 Å². The van der Waals surface area contributed by atoms with E-state index in [0.717, 1.165) is 31.3 Å². The minimum atomic E-state index is -0.827. The van der Waals surface area contributed by atoms with Gasteiger partial charge in [0.2, 0.25) is 0 Å². The third kappa shape index (κ3) is 3.66. The number of nitrogens with one attached hydrogen (secondary N) is 1. The molecule has 0 aromatic rings. The van der Waals surface area contributed by atoms with Crippen molar-refractivity contribution in [1.29, 1.82) is 0 Å². The number of esters is 2. The van der Waals surface area contributed by atoms with E-state index in [2.05, 4.69) is 11.4 Å². The van der Waals surface area contributed by atoms with Crippen LogP contribution >= 0.6 is 0 Å². The molecule has 4 aliphatic rings. The first-order valence-corrected chi connectivity index (χ1v) is 9.65. The minimum Gasteiger partial charge on any atom is -0.466 e. The zero-order chi connectivity index (χ0) is 19.7. The Kier molecular flexibility index (Phi) is 5.72. The van der Waals surface area contributed by atoms with Crippen molar-refractivity contribution < 1.29 is 23.5 Å². The lowest BCUT2D eigenvalue weighted by atomic mass is 9.64. The molecule has 0 saturated heterocycles. The summed E-state index contributed by atoms with van der Waals surface area (Å²) in [6.45, 7) is 4.47. The van der Waals surface area contributed by atoms with Gasteiger partial charge in [0.25, 0.3) is 0 Å². The van der Waals surface area contributed by atoms with Gasteiger partial charge in [-0.2, -0.15) is 0 Å². The van der Waals surface area contributed by atoms with Gasteiger partial charge in [-0.15, -0.1) is 0 Å². The summed E-state index contributed by atoms with van der Waals surface area (Å²) in [7, 11) is 1.28. The van der Waals surface area contributed by atoms with Gasteiger partial charge in [0, 0.05) is 11.6 Å². The lowest BCUT2D eigenvalue weighted by Crippen LogP contribution is -2.39. The van der Waals surface area contributed by atoms with Gasteiger partial charge in [-0.25, -0.2) is 14.0 Å². The summed E-state index contributed by atoms with van der Waals surface area (Å²) in [6.07, 6.45) is 6.23. The number of alkyl halides is 1. The Labute approximate surface area is 159 Å². The SMILES string of the molecule is COC(=O)C1=C(CF)NC(C)=C(C(=O)OC(C)C)C1C1=CC2CCC1CC2. The third-order valence-corrected chi connectivity index (χ3v) is 5.75. The Morgan fingerprint density at radius 2 is 1.85 bits per heavy atom. The highest BCUT2D eigenvalue weighted by Crippen LogP contribution is 2.49. The Bertz CT molecular complexity index is 726. The predicted molar refractivity (Wildman–Crippen MR) is 99.1 cm³/mol. The lowest BCUT2D eigenvalue weighted by Gasteiger charge is -2.41. The van der Waals surface area contributed by atoms with Gasteiger partial charge in [-0.1, -0.05) is 11.6 Å². The quantitative estimate of drug-likeness (QED) is 0.586. The van der Waals surface area contributed by atoms with Crippen LogP contribution < -0.4 is 5.32 Å². The second kappa shape index (κ2) is 7.87. The maximum Gasteiger partial charge on any atom is 0.336 e. The standard InChI is InChI=1S/C21H28FNO4/c1-11(2)27-21(25)17-12(3)23-16(10-22)19(20(24)26-4)18(17)15-9-13-5-7-14(15)8-6-13/h9,11,13-14,18,23H,5-8,10H2,1-4H3. The molecule has 0 spiro atoms. The zero-order valence-electron chi connectivity index (χ0n) is 16.4. The van der Waals surface area contributed by atoms with Crippen LogP contribution in [0.15, 0.2) is 34.2 Å². The second-order valence-corrected chi connectivity index (χ2v) is 7.85. The molecule has 2 bridgehead atoms. The van der Waals surface area contributed by atoms with Crippen LogP contribution in [0.4, 0.5) is 4.39 Å². The summed E-state index contributed by atoms with van der Waals surface area (Å²) >= 11 is 0. The molecule has 0 amide bonds. The number of dihydropyridines is 1. The Hall–Kier alpha value is -2.11. The van der Waals surface area contributed by atoms with Gasteiger partial charge in [0.15, 0.2) is 0 Å². The zero-order valence-corrected chi connectivity index (χ0v) is 16.4. The van der Waals surface area contributed by atoms with E-state index in [1.807, 2.05) is 0 Å². The van der Waals surface area contributed by atoms with E-state index in [1.165, 1.54) is 7.11 Å². The Balaban J connectivity index is 2.14. The average molecular weight is 377 g/mol. The molecule has 1 fully saturated rings. The van der Waals surface area contributed by atoms with Crippen molar-refractivity contribution in [3.8, 4) is 0 Å². The van der Waals surface area contributed by atoms with E-state index in [1.54, 1.807) is 20.8 Å². The molecule has 1 heterocycles. The van der Waals surface area contributed by atoms with Crippen LogP contribution in [0.25, 0.3) is 0 Å². The monoisotopic (exact) mass is 377 g/mol. The van der Waals surface area contributed by atoms with Gasteiger partial charge in [-0.05, 0) is 58.3 Å². The normalized spacial score (nSPS) is 27.5. The van der Waals surface area contributed by atoms with Crippen LogP contribution in [0.2, 0.25) is 0 Å². The molecule has 1 unspecified atom stereocenters. The van der Waals surface area contributed by atoms with Crippen molar-refractivity contribution in [2.75, 3.05) is 13.8 Å². The summed E-state index contributed by atoms with van der Waals surface area (Å²) in [5, 5.41) is 2.90. The molecule has 1 N–H and O–H groups in total. The second-order valence-electron chi connectivity index (χ2n) is 7.85. The molecule has 6 heteroatoms.